The Morgan fingerprint density at radius 1 is 1.44 bits per heavy atom. The van der Waals surface area contributed by atoms with Gasteiger partial charge >= 0.3 is 0 Å². The first-order chi connectivity index (χ1) is 8.69. The maximum atomic E-state index is 11.2. The minimum atomic E-state index is 0.125. The number of amides is 1. The molecule has 1 aliphatic rings. The SMILES string of the molecule is CC(=O)N1CCC(Oc2cccc(C#N)c2)CC1. The van der Waals surface area contributed by atoms with E-state index in [0.717, 1.165) is 31.7 Å². The molecule has 0 aliphatic carbocycles. The molecule has 0 saturated carbocycles. The second-order valence-corrected chi connectivity index (χ2v) is 4.46. The minimum Gasteiger partial charge on any atom is -0.490 e. The summed E-state index contributed by atoms with van der Waals surface area (Å²) in [7, 11) is 0. The largest absolute Gasteiger partial charge is 0.490 e. The van der Waals surface area contributed by atoms with E-state index >= 15 is 0 Å². The summed E-state index contributed by atoms with van der Waals surface area (Å²) in [6.45, 7) is 3.09. The van der Waals surface area contributed by atoms with E-state index in [9.17, 15) is 4.79 Å². The second kappa shape index (κ2) is 5.54. The third kappa shape index (κ3) is 3.01. The highest BCUT2D eigenvalue weighted by molar-refractivity contribution is 5.73. The fourth-order valence-electron chi connectivity index (χ4n) is 2.12. The summed E-state index contributed by atoms with van der Waals surface area (Å²) in [5, 5.41) is 8.81. The van der Waals surface area contributed by atoms with Crippen molar-refractivity contribution in [1.29, 1.82) is 5.26 Å². The van der Waals surface area contributed by atoms with Crippen molar-refractivity contribution in [2.75, 3.05) is 13.1 Å². The molecular formula is C14H16N2O2. The van der Waals surface area contributed by atoms with E-state index in [0.29, 0.717) is 5.56 Å². The Kier molecular flexibility index (Phi) is 3.83. The molecule has 94 valence electrons. The van der Waals surface area contributed by atoms with Crippen molar-refractivity contribution in [3.63, 3.8) is 0 Å². The maximum Gasteiger partial charge on any atom is 0.219 e. The van der Waals surface area contributed by atoms with Gasteiger partial charge in [0, 0.05) is 32.9 Å². The molecule has 0 aromatic heterocycles. The van der Waals surface area contributed by atoms with Gasteiger partial charge in [-0.15, -0.1) is 0 Å². The van der Waals surface area contributed by atoms with Crippen molar-refractivity contribution in [1.82, 2.24) is 4.90 Å². The van der Waals surface area contributed by atoms with E-state index < -0.39 is 0 Å². The van der Waals surface area contributed by atoms with Crippen molar-refractivity contribution in [2.24, 2.45) is 0 Å². The predicted molar refractivity (Wildman–Crippen MR) is 67.1 cm³/mol. The predicted octanol–water partition coefficient (Wildman–Crippen LogP) is 1.95. The van der Waals surface area contributed by atoms with Crippen LogP contribution in [0.1, 0.15) is 25.3 Å². The number of benzene rings is 1. The maximum absolute atomic E-state index is 11.2. The zero-order valence-corrected chi connectivity index (χ0v) is 10.4. The van der Waals surface area contributed by atoms with Crippen LogP contribution in [-0.2, 0) is 4.79 Å². The van der Waals surface area contributed by atoms with Gasteiger partial charge in [-0.1, -0.05) is 6.07 Å². The van der Waals surface area contributed by atoms with Crippen LogP contribution in [0.25, 0.3) is 0 Å². The third-order valence-electron chi connectivity index (χ3n) is 3.15. The molecule has 1 amide bonds. The van der Waals surface area contributed by atoms with Gasteiger partial charge in [0.15, 0.2) is 0 Å². The Labute approximate surface area is 107 Å². The van der Waals surface area contributed by atoms with Gasteiger partial charge in [0.05, 0.1) is 11.6 Å². The lowest BCUT2D eigenvalue weighted by atomic mass is 10.1. The first-order valence-electron chi connectivity index (χ1n) is 6.11. The molecule has 0 radical (unpaired) electrons. The monoisotopic (exact) mass is 244 g/mol. The summed E-state index contributed by atoms with van der Waals surface area (Å²) >= 11 is 0. The average Bonchev–Trinajstić information content (AvgIpc) is 2.39. The van der Waals surface area contributed by atoms with Crippen LogP contribution < -0.4 is 4.74 Å². The molecule has 1 aliphatic heterocycles. The lowest BCUT2D eigenvalue weighted by Gasteiger charge is -2.31. The number of likely N-dealkylation sites (tertiary alicyclic amines) is 1. The molecule has 0 N–H and O–H groups in total. The average molecular weight is 244 g/mol. The molecule has 0 bridgehead atoms. The summed E-state index contributed by atoms with van der Waals surface area (Å²) in [6, 6.07) is 9.27. The van der Waals surface area contributed by atoms with E-state index in [1.54, 1.807) is 19.1 Å². The van der Waals surface area contributed by atoms with E-state index in [1.807, 2.05) is 17.0 Å². The number of ether oxygens (including phenoxy) is 1. The molecule has 1 heterocycles. The number of piperidine rings is 1. The molecular weight excluding hydrogens is 228 g/mol. The Balaban J connectivity index is 1.91. The summed E-state index contributed by atoms with van der Waals surface area (Å²) in [5.74, 6) is 0.857. The van der Waals surface area contributed by atoms with E-state index in [4.69, 9.17) is 10.00 Å². The van der Waals surface area contributed by atoms with E-state index in [-0.39, 0.29) is 12.0 Å². The summed E-state index contributed by atoms with van der Waals surface area (Å²) < 4.78 is 5.84. The number of nitrogens with zero attached hydrogens (tertiary/aromatic N) is 2. The van der Waals surface area contributed by atoms with Gasteiger partial charge in [-0.3, -0.25) is 4.79 Å². The molecule has 1 saturated heterocycles. The molecule has 0 unspecified atom stereocenters. The Bertz CT molecular complexity index is 471. The molecule has 4 nitrogen and oxygen atoms in total. The topological polar surface area (TPSA) is 53.3 Å². The molecule has 0 spiro atoms. The van der Waals surface area contributed by atoms with Gasteiger partial charge < -0.3 is 9.64 Å². The van der Waals surface area contributed by atoms with Crippen molar-refractivity contribution in [2.45, 2.75) is 25.9 Å². The minimum absolute atomic E-state index is 0.125. The summed E-state index contributed by atoms with van der Waals surface area (Å²) in [5.41, 5.74) is 0.605. The van der Waals surface area contributed by atoms with Gasteiger partial charge in [-0.2, -0.15) is 5.26 Å². The fourth-order valence-corrected chi connectivity index (χ4v) is 2.12. The first-order valence-corrected chi connectivity index (χ1v) is 6.11. The summed E-state index contributed by atoms with van der Waals surface area (Å²) in [6.07, 6.45) is 1.82. The Hall–Kier alpha value is -2.02. The van der Waals surface area contributed by atoms with Crippen molar-refractivity contribution < 1.29 is 9.53 Å². The van der Waals surface area contributed by atoms with E-state index in [1.165, 1.54) is 0 Å². The number of rotatable bonds is 2. The smallest absolute Gasteiger partial charge is 0.219 e. The van der Waals surface area contributed by atoms with Crippen LogP contribution >= 0.6 is 0 Å². The Morgan fingerprint density at radius 2 is 2.17 bits per heavy atom. The van der Waals surface area contributed by atoms with Crippen molar-refractivity contribution in [3.05, 3.63) is 29.8 Å². The molecule has 18 heavy (non-hydrogen) atoms. The van der Waals surface area contributed by atoms with Gasteiger partial charge in [0.1, 0.15) is 11.9 Å². The van der Waals surface area contributed by atoms with Gasteiger partial charge in [-0.25, -0.2) is 0 Å². The van der Waals surface area contributed by atoms with Gasteiger partial charge in [0.25, 0.3) is 0 Å². The van der Waals surface area contributed by atoms with Crippen LogP contribution in [0.15, 0.2) is 24.3 Å². The molecule has 1 aromatic carbocycles. The number of nitriles is 1. The van der Waals surface area contributed by atoms with Crippen molar-refractivity contribution in [3.8, 4) is 11.8 Å². The highest BCUT2D eigenvalue weighted by Gasteiger charge is 2.21. The van der Waals surface area contributed by atoms with Crippen LogP contribution in [0.5, 0.6) is 5.75 Å². The lowest BCUT2D eigenvalue weighted by molar-refractivity contribution is -0.130. The van der Waals surface area contributed by atoms with Gasteiger partial charge in [0.2, 0.25) is 5.91 Å². The van der Waals surface area contributed by atoms with Crippen LogP contribution in [0.4, 0.5) is 0 Å². The lowest BCUT2D eigenvalue weighted by Crippen LogP contribution is -2.40. The van der Waals surface area contributed by atoms with Crippen molar-refractivity contribution >= 4 is 5.91 Å². The van der Waals surface area contributed by atoms with Crippen LogP contribution in [0.2, 0.25) is 0 Å². The summed E-state index contributed by atoms with van der Waals surface area (Å²) in [4.78, 5) is 13.0. The number of hydrogen-bond acceptors (Lipinski definition) is 3. The number of carbonyl (C=O) groups is 1. The van der Waals surface area contributed by atoms with E-state index in [2.05, 4.69) is 6.07 Å². The second-order valence-electron chi connectivity index (χ2n) is 4.46. The van der Waals surface area contributed by atoms with Crippen LogP contribution in [0, 0.1) is 11.3 Å². The van der Waals surface area contributed by atoms with Gasteiger partial charge in [-0.05, 0) is 18.2 Å². The molecule has 1 fully saturated rings. The highest BCUT2D eigenvalue weighted by atomic mass is 16.5. The number of hydrogen-bond donors (Lipinski definition) is 0. The first kappa shape index (κ1) is 12.4. The fraction of sp³-hybridized carbons (Fsp3) is 0.429. The normalized spacial score (nSPS) is 16.1. The molecule has 1 aromatic rings. The quantitative estimate of drug-likeness (QED) is 0.799. The Morgan fingerprint density at radius 3 is 2.78 bits per heavy atom. The van der Waals surface area contributed by atoms with Crippen LogP contribution in [0.3, 0.4) is 0 Å². The molecule has 2 rings (SSSR count). The zero-order valence-electron chi connectivity index (χ0n) is 10.4. The number of carbonyl (C=O) groups excluding carboxylic acids is 1. The molecule has 4 heteroatoms. The molecule has 0 atom stereocenters. The highest BCUT2D eigenvalue weighted by Crippen LogP contribution is 2.19. The van der Waals surface area contributed by atoms with Crippen LogP contribution in [-0.4, -0.2) is 30.0 Å². The third-order valence-corrected chi connectivity index (χ3v) is 3.15. The zero-order chi connectivity index (χ0) is 13.0. The standard InChI is InChI=1S/C14H16N2O2/c1-11(17)16-7-5-13(6-8-16)18-14-4-2-3-12(9-14)10-15/h2-4,9,13H,5-8H2,1H3.